The van der Waals surface area contributed by atoms with Crippen LogP contribution in [0.3, 0.4) is 0 Å². The van der Waals surface area contributed by atoms with E-state index in [2.05, 4.69) is 9.84 Å². The molecule has 0 bridgehead atoms. The number of carbonyl (C=O) groups excluding carboxylic acids is 1. The largest absolute Gasteiger partial charge is 0.464 e. The van der Waals surface area contributed by atoms with Crippen LogP contribution in [0, 0.1) is 3.57 Å². The number of aromatic nitrogens is 2. The first-order chi connectivity index (χ1) is 6.19. The van der Waals surface area contributed by atoms with E-state index in [1.807, 2.05) is 22.6 Å². The molecule has 5 nitrogen and oxygen atoms in total. The zero-order valence-corrected chi connectivity index (χ0v) is 9.44. The second-order valence-corrected chi connectivity index (χ2v) is 3.44. The Hall–Kier alpha value is -0.630. The van der Waals surface area contributed by atoms with Crippen molar-refractivity contribution >= 4 is 28.6 Å². The molecule has 1 rings (SSSR count). The third-order valence-electron chi connectivity index (χ3n) is 1.36. The van der Waals surface area contributed by atoms with Crippen molar-refractivity contribution in [2.24, 2.45) is 0 Å². The second kappa shape index (κ2) is 4.56. The van der Waals surface area contributed by atoms with Gasteiger partial charge in [0.05, 0.1) is 10.7 Å². The van der Waals surface area contributed by atoms with Gasteiger partial charge in [-0.2, -0.15) is 5.10 Å². The molecule has 0 aliphatic carbocycles. The van der Waals surface area contributed by atoms with E-state index in [1.165, 1.54) is 11.8 Å². The van der Waals surface area contributed by atoms with Crippen molar-refractivity contribution in [3.8, 4) is 0 Å². The molecule has 0 spiro atoms. The zero-order chi connectivity index (χ0) is 9.84. The van der Waals surface area contributed by atoms with Crippen molar-refractivity contribution in [2.75, 3.05) is 14.2 Å². The van der Waals surface area contributed by atoms with E-state index < -0.39 is 5.97 Å². The van der Waals surface area contributed by atoms with Gasteiger partial charge in [-0.3, -0.25) is 0 Å². The predicted molar refractivity (Wildman–Crippen MR) is 53.3 cm³/mol. The van der Waals surface area contributed by atoms with Crippen LogP contribution >= 0.6 is 22.6 Å². The minimum Gasteiger partial charge on any atom is -0.464 e. The average Bonchev–Trinajstić information content (AvgIpc) is 2.46. The molecule has 1 heterocycles. The fraction of sp³-hybridized carbons (Fsp3) is 0.429. The molecule has 0 saturated carbocycles. The lowest BCUT2D eigenvalue weighted by Crippen LogP contribution is -2.06. The monoisotopic (exact) mass is 296 g/mol. The molecular formula is C7H9IN2O3. The number of rotatable bonds is 3. The summed E-state index contributed by atoms with van der Waals surface area (Å²) in [6, 6.07) is 0. The molecular weight excluding hydrogens is 287 g/mol. The lowest BCUT2D eigenvalue weighted by molar-refractivity contribution is 0.0588. The summed E-state index contributed by atoms with van der Waals surface area (Å²) >= 11 is 2.02. The number of halogens is 1. The quantitative estimate of drug-likeness (QED) is 0.614. The Morgan fingerprint density at radius 1 is 1.69 bits per heavy atom. The van der Waals surface area contributed by atoms with E-state index in [-0.39, 0.29) is 0 Å². The smallest absolute Gasteiger partial charge is 0.359 e. The number of carbonyl (C=O) groups is 1. The molecule has 1 aromatic heterocycles. The first-order valence-corrected chi connectivity index (χ1v) is 4.57. The van der Waals surface area contributed by atoms with Crippen molar-refractivity contribution in [3.63, 3.8) is 0 Å². The van der Waals surface area contributed by atoms with E-state index >= 15 is 0 Å². The van der Waals surface area contributed by atoms with Gasteiger partial charge in [-0.15, -0.1) is 0 Å². The van der Waals surface area contributed by atoms with Gasteiger partial charge in [0.1, 0.15) is 6.73 Å². The molecule has 0 radical (unpaired) electrons. The molecule has 1 aromatic rings. The maximum absolute atomic E-state index is 11.1. The van der Waals surface area contributed by atoms with Crippen molar-refractivity contribution in [2.45, 2.75) is 6.73 Å². The van der Waals surface area contributed by atoms with Gasteiger partial charge in [-0.25, -0.2) is 9.48 Å². The minimum atomic E-state index is -0.431. The van der Waals surface area contributed by atoms with Crippen LogP contribution in [-0.4, -0.2) is 30.0 Å². The molecule has 0 amide bonds. The van der Waals surface area contributed by atoms with Crippen LogP contribution in [0.2, 0.25) is 0 Å². The standard InChI is InChI=1S/C7H9IN2O3/c1-12-4-10-3-5(8)6(9-10)7(11)13-2/h3H,4H2,1-2H3. The zero-order valence-electron chi connectivity index (χ0n) is 7.28. The molecule has 0 aromatic carbocycles. The van der Waals surface area contributed by atoms with Gasteiger partial charge in [-0.1, -0.05) is 0 Å². The Morgan fingerprint density at radius 3 is 2.92 bits per heavy atom. The Bertz CT molecular complexity index is 311. The Balaban J connectivity index is 2.89. The SMILES string of the molecule is COCn1cc(I)c(C(=O)OC)n1. The van der Waals surface area contributed by atoms with E-state index in [9.17, 15) is 4.79 Å². The van der Waals surface area contributed by atoms with Crippen LogP contribution < -0.4 is 0 Å². The van der Waals surface area contributed by atoms with Crippen molar-refractivity contribution in [1.29, 1.82) is 0 Å². The van der Waals surface area contributed by atoms with Crippen LogP contribution in [0.25, 0.3) is 0 Å². The van der Waals surface area contributed by atoms with Gasteiger partial charge < -0.3 is 9.47 Å². The maximum Gasteiger partial charge on any atom is 0.359 e. The number of hydrogen-bond acceptors (Lipinski definition) is 4. The van der Waals surface area contributed by atoms with Gasteiger partial charge in [-0.05, 0) is 22.6 Å². The summed E-state index contributed by atoms with van der Waals surface area (Å²) in [5, 5.41) is 3.98. The normalized spacial score (nSPS) is 10.1. The first-order valence-electron chi connectivity index (χ1n) is 3.49. The van der Waals surface area contributed by atoms with E-state index in [4.69, 9.17) is 4.74 Å². The molecule has 0 aliphatic rings. The molecule has 0 atom stereocenters. The summed E-state index contributed by atoms with van der Waals surface area (Å²) in [6.07, 6.45) is 1.72. The van der Waals surface area contributed by atoms with Crippen LogP contribution in [-0.2, 0) is 16.2 Å². The second-order valence-electron chi connectivity index (χ2n) is 2.27. The topological polar surface area (TPSA) is 53.4 Å². The highest BCUT2D eigenvalue weighted by atomic mass is 127. The number of nitrogens with zero attached hydrogens (tertiary/aromatic N) is 2. The van der Waals surface area contributed by atoms with Gasteiger partial charge in [0.15, 0.2) is 5.69 Å². The first kappa shape index (κ1) is 10.5. The summed E-state index contributed by atoms with van der Waals surface area (Å²) in [6.45, 7) is 0.326. The van der Waals surface area contributed by atoms with E-state index in [0.29, 0.717) is 12.4 Å². The van der Waals surface area contributed by atoms with E-state index in [1.54, 1.807) is 13.3 Å². The molecule has 0 unspecified atom stereocenters. The summed E-state index contributed by atoms with van der Waals surface area (Å²) < 4.78 is 11.7. The molecule has 6 heteroatoms. The summed E-state index contributed by atoms with van der Waals surface area (Å²) in [5.74, 6) is -0.431. The fourth-order valence-corrected chi connectivity index (χ4v) is 1.48. The Labute approximate surface area is 89.1 Å². The summed E-state index contributed by atoms with van der Waals surface area (Å²) in [7, 11) is 2.89. The highest BCUT2D eigenvalue weighted by molar-refractivity contribution is 14.1. The minimum absolute atomic E-state index is 0.320. The molecule has 0 fully saturated rings. The van der Waals surface area contributed by atoms with Gasteiger partial charge in [0, 0.05) is 13.3 Å². The molecule has 13 heavy (non-hydrogen) atoms. The number of esters is 1. The fourth-order valence-electron chi connectivity index (χ4n) is 0.830. The van der Waals surface area contributed by atoms with Gasteiger partial charge in [0.2, 0.25) is 0 Å². The summed E-state index contributed by atoms with van der Waals surface area (Å²) in [4.78, 5) is 11.1. The van der Waals surface area contributed by atoms with Crippen molar-refractivity contribution in [1.82, 2.24) is 9.78 Å². The van der Waals surface area contributed by atoms with Gasteiger partial charge >= 0.3 is 5.97 Å². The molecule has 72 valence electrons. The highest BCUT2D eigenvalue weighted by Crippen LogP contribution is 2.10. The van der Waals surface area contributed by atoms with Crippen LogP contribution in [0.15, 0.2) is 6.20 Å². The molecule has 0 saturated heterocycles. The summed E-state index contributed by atoms with van der Waals surface area (Å²) in [5.41, 5.74) is 0.320. The molecule has 0 N–H and O–H groups in total. The number of hydrogen-bond donors (Lipinski definition) is 0. The number of methoxy groups -OCH3 is 2. The highest BCUT2D eigenvalue weighted by Gasteiger charge is 2.14. The third kappa shape index (κ3) is 2.41. The Kier molecular flexibility index (Phi) is 3.67. The molecule has 0 aliphatic heterocycles. The average molecular weight is 296 g/mol. The van der Waals surface area contributed by atoms with Crippen molar-refractivity contribution < 1.29 is 14.3 Å². The van der Waals surface area contributed by atoms with Crippen LogP contribution in [0.1, 0.15) is 10.5 Å². The van der Waals surface area contributed by atoms with Crippen LogP contribution in [0.5, 0.6) is 0 Å². The van der Waals surface area contributed by atoms with E-state index in [0.717, 1.165) is 3.57 Å². The van der Waals surface area contributed by atoms with Crippen LogP contribution in [0.4, 0.5) is 0 Å². The Morgan fingerprint density at radius 2 is 2.38 bits per heavy atom. The lowest BCUT2D eigenvalue weighted by Gasteiger charge is -1.96. The third-order valence-corrected chi connectivity index (χ3v) is 2.15. The lowest BCUT2D eigenvalue weighted by atomic mass is 10.4. The number of ether oxygens (including phenoxy) is 2. The van der Waals surface area contributed by atoms with Gasteiger partial charge in [0.25, 0.3) is 0 Å². The van der Waals surface area contributed by atoms with Crippen molar-refractivity contribution in [3.05, 3.63) is 15.5 Å². The maximum atomic E-state index is 11.1. The predicted octanol–water partition coefficient (Wildman–Crippen LogP) is 0.878.